The van der Waals surface area contributed by atoms with Crippen LogP contribution < -0.4 is 5.32 Å². The molecule has 2 aromatic heterocycles. The minimum atomic E-state index is -0.256. The molecule has 0 saturated carbocycles. The number of carbonyl (C=O) groups excluding carboxylic acids is 1. The first-order chi connectivity index (χ1) is 7.75. The zero-order chi connectivity index (χ0) is 11.4. The Labute approximate surface area is 91.9 Å². The summed E-state index contributed by atoms with van der Waals surface area (Å²) in [6.07, 6.45) is 3.86. The summed E-state index contributed by atoms with van der Waals surface area (Å²) < 4.78 is 1.73. The van der Waals surface area contributed by atoms with Gasteiger partial charge in [0.05, 0.1) is 5.69 Å². The fraction of sp³-hybridized carbons (Fsp3) is 0.333. The Morgan fingerprint density at radius 2 is 2.50 bits per heavy atom. The quantitative estimate of drug-likeness (QED) is 0.727. The summed E-state index contributed by atoms with van der Waals surface area (Å²) in [5, 5.41) is 13.0. The van der Waals surface area contributed by atoms with Crippen molar-refractivity contribution in [2.45, 2.75) is 6.42 Å². The van der Waals surface area contributed by atoms with Crippen molar-refractivity contribution in [1.29, 1.82) is 0 Å². The normalized spacial score (nSPS) is 10.3. The highest BCUT2D eigenvalue weighted by molar-refractivity contribution is 5.90. The molecule has 0 unspecified atom stereocenters. The zero-order valence-electron chi connectivity index (χ0n) is 8.84. The van der Waals surface area contributed by atoms with Crippen molar-refractivity contribution in [3.63, 3.8) is 0 Å². The van der Waals surface area contributed by atoms with Gasteiger partial charge in [-0.2, -0.15) is 10.2 Å². The summed E-state index contributed by atoms with van der Waals surface area (Å²) in [7, 11) is 1.86. The van der Waals surface area contributed by atoms with Crippen molar-refractivity contribution in [3.8, 4) is 0 Å². The molecule has 0 aliphatic carbocycles. The molecular formula is C9H12N6O. The summed E-state index contributed by atoms with van der Waals surface area (Å²) in [6, 6.07) is 1.92. The molecule has 0 aliphatic heterocycles. The first-order valence-electron chi connectivity index (χ1n) is 4.88. The SMILES string of the molecule is Cn1ccc(CCNC(=O)c2ncn[nH]2)n1. The molecule has 2 N–H and O–H groups in total. The third-order valence-electron chi connectivity index (χ3n) is 2.07. The molecule has 1 amide bonds. The summed E-state index contributed by atoms with van der Waals surface area (Å²) >= 11 is 0. The van der Waals surface area contributed by atoms with Gasteiger partial charge in [-0.25, -0.2) is 4.98 Å². The minimum Gasteiger partial charge on any atom is -0.349 e. The molecule has 0 fully saturated rings. The number of nitrogens with zero attached hydrogens (tertiary/aromatic N) is 4. The number of hydrogen-bond donors (Lipinski definition) is 2. The Morgan fingerprint density at radius 1 is 1.62 bits per heavy atom. The van der Waals surface area contributed by atoms with E-state index in [0.29, 0.717) is 13.0 Å². The molecule has 2 aromatic rings. The summed E-state index contributed by atoms with van der Waals surface area (Å²) in [4.78, 5) is 15.2. The summed E-state index contributed by atoms with van der Waals surface area (Å²) in [6.45, 7) is 0.524. The lowest BCUT2D eigenvalue weighted by Crippen LogP contribution is -2.26. The molecular weight excluding hydrogens is 208 g/mol. The van der Waals surface area contributed by atoms with Crippen LogP contribution in [0.1, 0.15) is 16.3 Å². The highest BCUT2D eigenvalue weighted by Gasteiger charge is 2.07. The third-order valence-corrected chi connectivity index (χ3v) is 2.07. The van der Waals surface area contributed by atoms with Crippen molar-refractivity contribution < 1.29 is 4.79 Å². The van der Waals surface area contributed by atoms with Crippen LogP contribution in [0.4, 0.5) is 0 Å². The first-order valence-corrected chi connectivity index (χ1v) is 4.88. The van der Waals surface area contributed by atoms with Gasteiger partial charge in [-0.05, 0) is 6.07 Å². The van der Waals surface area contributed by atoms with Crippen LogP contribution in [0, 0.1) is 0 Å². The molecule has 0 atom stereocenters. The second kappa shape index (κ2) is 4.56. The number of aromatic amines is 1. The molecule has 0 saturated heterocycles. The van der Waals surface area contributed by atoms with E-state index in [1.54, 1.807) is 4.68 Å². The molecule has 7 heteroatoms. The van der Waals surface area contributed by atoms with Gasteiger partial charge in [0, 0.05) is 26.2 Å². The number of amides is 1. The van der Waals surface area contributed by atoms with Gasteiger partial charge < -0.3 is 5.32 Å². The maximum atomic E-state index is 11.4. The van der Waals surface area contributed by atoms with Gasteiger partial charge in [0.15, 0.2) is 0 Å². The second-order valence-electron chi connectivity index (χ2n) is 3.32. The van der Waals surface area contributed by atoms with Gasteiger partial charge in [0.1, 0.15) is 6.33 Å². The molecule has 0 bridgehead atoms. The lowest BCUT2D eigenvalue weighted by atomic mass is 10.3. The van der Waals surface area contributed by atoms with E-state index in [1.807, 2.05) is 19.3 Å². The van der Waals surface area contributed by atoms with Crippen LogP contribution in [0.2, 0.25) is 0 Å². The summed E-state index contributed by atoms with van der Waals surface area (Å²) in [5.74, 6) is -0.0329. The number of H-pyrrole nitrogens is 1. The molecule has 0 radical (unpaired) electrons. The average molecular weight is 220 g/mol. The Morgan fingerprint density at radius 3 is 3.12 bits per heavy atom. The van der Waals surface area contributed by atoms with Crippen molar-refractivity contribution in [2.75, 3.05) is 6.54 Å². The van der Waals surface area contributed by atoms with Crippen molar-refractivity contribution in [2.24, 2.45) is 7.05 Å². The molecule has 2 rings (SSSR count). The number of aromatic nitrogens is 5. The predicted molar refractivity (Wildman–Crippen MR) is 55.6 cm³/mol. The van der Waals surface area contributed by atoms with Crippen LogP contribution >= 0.6 is 0 Å². The number of carbonyl (C=O) groups is 1. The highest BCUT2D eigenvalue weighted by Crippen LogP contribution is 1.94. The first kappa shape index (κ1) is 10.3. The number of aryl methyl sites for hydroxylation is 1. The van der Waals surface area contributed by atoms with Gasteiger partial charge in [-0.1, -0.05) is 0 Å². The maximum Gasteiger partial charge on any atom is 0.288 e. The lowest BCUT2D eigenvalue weighted by Gasteiger charge is -2.00. The van der Waals surface area contributed by atoms with E-state index < -0.39 is 0 Å². The van der Waals surface area contributed by atoms with E-state index in [1.165, 1.54) is 6.33 Å². The van der Waals surface area contributed by atoms with Gasteiger partial charge in [-0.15, -0.1) is 0 Å². The number of rotatable bonds is 4. The van der Waals surface area contributed by atoms with Crippen LogP contribution in [0.25, 0.3) is 0 Å². The van der Waals surface area contributed by atoms with Gasteiger partial charge in [-0.3, -0.25) is 14.6 Å². The van der Waals surface area contributed by atoms with Gasteiger partial charge in [0.25, 0.3) is 5.91 Å². The molecule has 7 nitrogen and oxygen atoms in total. The van der Waals surface area contributed by atoms with Crippen LogP contribution in [-0.2, 0) is 13.5 Å². The van der Waals surface area contributed by atoms with E-state index >= 15 is 0 Å². The third kappa shape index (κ3) is 2.44. The Hall–Kier alpha value is -2.18. The Balaban J connectivity index is 1.78. The van der Waals surface area contributed by atoms with Crippen molar-refractivity contribution in [3.05, 3.63) is 30.1 Å². The Kier molecular flexibility index (Phi) is 2.95. The minimum absolute atomic E-state index is 0.223. The number of hydrogen-bond acceptors (Lipinski definition) is 4. The topological polar surface area (TPSA) is 88.5 Å². The van der Waals surface area contributed by atoms with Crippen LogP contribution in [-0.4, -0.2) is 37.4 Å². The standard InChI is InChI=1S/C9H12N6O/c1-15-5-3-7(14-15)2-4-10-9(16)8-11-6-12-13-8/h3,5-6H,2,4H2,1H3,(H,10,16)(H,11,12,13). The highest BCUT2D eigenvalue weighted by atomic mass is 16.2. The van der Waals surface area contributed by atoms with E-state index in [2.05, 4.69) is 25.6 Å². The largest absolute Gasteiger partial charge is 0.349 e. The molecule has 0 aliphatic rings. The fourth-order valence-electron chi connectivity index (χ4n) is 1.30. The van der Waals surface area contributed by atoms with Crippen LogP contribution in [0.3, 0.4) is 0 Å². The van der Waals surface area contributed by atoms with E-state index in [9.17, 15) is 4.79 Å². The molecule has 84 valence electrons. The fourth-order valence-corrected chi connectivity index (χ4v) is 1.30. The molecule has 2 heterocycles. The van der Waals surface area contributed by atoms with Gasteiger partial charge in [0.2, 0.25) is 5.82 Å². The second-order valence-corrected chi connectivity index (χ2v) is 3.32. The van der Waals surface area contributed by atoms with E-state index in [4.69, 9.17) is 0 Å². The zero-order valence-corrected chi connectivity index (χ0v) is 8.84. The lowest BCUT2D eigenvalue weighted by molar-refractivity contribution is 0.0944. The predicted octanol–water partition coefficient (Wildman–Crippen LogP) is -0.489. The molecule has 16 heavy (non-hydrogen) atoms. The molecule has 0 aromatic carbocycles. The number of nitrogens with one attached hydrogen (secondary N) is 2. The Bertz CT molecular complexity index is 460. The molecule has 0 spiro atoms. The smallest absolute Gasteiger partial charge is 0.288 e. The van der Waals surface area contributed by atoms with E-state index in [0.717, 1.165) is 5.69 Å². The van der Waals surface area contributed by atoms with Crippen molar-refractivity contribution >= 4 is 5.91 Å². The monoisotopic (exact) mass is 220 g/mol. The van der Waals surface area contributed by atoms with Crippen molar-refractivity contribution in [1.82, 2.24) is 30.3 Å². The van der Waals surface area contributed by atoms with E-state index in [-0.39, 0.29) is 11.7 Å². The average Bonchev–Trinajstić information content (AvgIpc) is 2.89. The maximum absolute atomic E-state index is 11.4. The van der Waals surface area contributed by atoms with Crippen LogP contribution in [0.15, 0.2) is 18.6 Å². The van der Waals surface area contributed by atoms with Crippen LogP contribution in [0.5, 0.6) is 0 Å². The van der Waals surface area contributed by atoms with Gasteiger partial charge >= 0.3 is 0 Å². The summed E-state index contributed by atoms with van der Waals surface area (Å²) in [5.41, 5.74) is 0.945.